The average Bonchev–Trinajstić information content (AvgIpc) is 2.68. The van der Waals surface area contributed by atoms with Gasteiger partial charge >= 0.3 is 0 Å². The van der Waals surface area contributed by atoms with Crippen LogP contribution in [0.2, 0.25) is 0 Å². The Kier molecular flexibility index (Phi) is 3.36. The van der Waals surface area contributed by atoms with Gasteiger partial charge in [0.15, 0.2) is 0 Å². The lowest BCUT2D eigenvalue weighted by molar-refractivity contribution is 0.744. The lowest BCUT2D eigenvalue weighted by Crippen LogP contribution is -2.24. The molecule has 3 rings (SSSR count). The molecule has 3 heteroatoms. The van der Waals surface area contributed by atoms with Crippen molar-refractivity contribution < 1.29 is 0 Å². The lowest BCUT2D eigenvalue weighted by atomic mass is 10.1. The van der Waals surface area contributed by atoms with Crippen LogP contribution in [0.15, 0.2) is 66.8 Å². The number of hydrogen-bond donors (Lipinski definition) is 3. The molecule has 0 amide bonds. The van der Waals surface area contributed by atoms with Crippen LogP contribution in [-0.2, 0) is 6.42 Å². The second-order valence-corrected chi connectivity index (χ2v) is 4.50. The zero-order valence-electron chi connectivity index (χ0n) is 10.7. The molecular weight excluding hydrogens is 234 g/mol. The Morgan fingerprint density at radius 3 is 3.00 bits per heavy atom. The fraction of sp³-hybridized carbons (Fsp3) is 0.125. The predicted molar refractivity (Wildman–Crippen MR) is 79.5 cm³/mol. The minimum Gasteiger partial charge on any atom is -0.371 e. The van der Waals surface area contributed by atoms with Crippen molar-refractivity contribution in [2.45, 2.75) is 6.42 Å². The Labute approximate surface area is 112 Å². The van der Waals surface area contributed by atoms with E-state index in [1.165, 1.54) is 16.5 Å². The van der Waals surface area contributed by atoms with E-state index in [2.05, 4.69) is 46.1 Å². The summed E-state index contributed by atoms with van der Waals surface area (Å²) >= 11 is 0. The van der Waals surface area contributed by atoms with Crippen molar-refractivity contribution in [3.05, 3.63) is 72.4 Å². The fourth-order valence-electron chi connectivity index (χ4n) is 2.24. The van der Waals surface area contributed by atoms with Crippen LogP contribution in [0.4, 0.5) is 0 Å². The second kappa shape index (κ2) is 5.48. The molecule has 2 aromatic rings. The van der Waals surface area contributed by atoms with E-state index in [4.69, 9.17) is 0 Å². The Bertz CT molecular complexity index is 647. The molecule has 3 nitrogen and oxygen atoms in total. The molecule has 0 unspecified atom stereocenters. The molecule has 0 saturated heterocycles. The van der Waals surface area contributed by atoms with E-state index in [-0.39, 0.29) is 0 Å². The van der Waals surface area contributed by atoms with E-state index in [1.54, 1.807) is 0 Å². The van der Waals surface area contributed by atoms with E-state index in [0.29, 0.717) is 0 Å². The predicted octanol–water partition coefficient (Wildman–Crippen LogP) is 2.81. The minimum absolute atomic E-state index is 0.905. The number of allylic oxidation sites excluding steroid dienone is 4. The van der Waals surface area contributed by atoms with Crippen LogP contribution in [-0.4, -0.2) is 11.5 Å². The standard InChI is InChI=1S/C16H17N3/c1-2-8-16(17-10-5-1)18-11-9-13-12-19-15-7-4-3-6-14(13)15/h1-8,10,12,17-19H,9,11H2. The SMILES string of the molecule is C1=CC=C(NCCc2c[nH]c3ccccc23)NC=C1. The third-order valence-corrected chi connectivity index (χ3v) is 3.20. The fourth-order valence-corrected chi connectivity index (χ4v) is 2.24. The monoisotopic (exact) mass is 251 g/mol. The van der Waals surface area contributed by atoms with Gasteiger partial charge in [-0.2, -0.15) is 0 Å². The summed E-state index contributed by atoms with van der Waals surface area (Å²) in [6.07, 6.45) is 13.1. The molecule has 0 aliphatic carbocycles. The first-order valence-electron chi connectivity index (χ1n) is 6.52. The first kappa shape index (κ1) is 11.7. The number of aromatic amines is 1. The summed E-state index contributed by atoms with van der Waals surface area (Å²) in [6, 6.07) is 8.41. The van der Waals surface area contributed by atoms with Crippen molar-refractivity contribution in [1.29, 1.82) is 0 Å². The highest BCUT2D eigenvalue weighted by molar-refractivity contribution is 5.83. The number of aromatic nitrogens is 1. The number of H-pyrrole nitrogens is 1. The minimum atomic E-state index is 0.905. The van der Waals surface area contributed by atoms with E-state index in [0.717, 1.165) is 18.8 Å². The highest BCUT2D eigenvalue weighted by atomic mass is 15.1. The number of hydrogen-bond acceptors (Lipinski definition) is 2. The summed E-state index contributed by atoms with van der Waals surface area (Å²) in [6.45, 7) is 0.905. The van der Waals surface area contributed by atoms with Crippen molar-refractivity contribution >= 4 is 10.9 Å². The van der Waals surface area contributed by atoms with Crippen molar-refractivity contribution in [2.24, 2.45) is 0 Å². The van der Waals surface area contributed by atoms with Crippen LogP contribution in [0.5, 0.6) is 0 Å². The van der Waals surface area contributed by atoms with Gasteiger partial charge in [0.05, 0.1) is 0 Å². The molecule has 96 valence electrons. The maximum absolute atomic E-state index is 3.40. The van der Waals surface area contributed by atoms with Crippen LogP contribution in [0.3, 0.4) is 0 Å². The molecule has 1 aliphatic heterocycles. The average molecular weight is 251 g/mol. The molecule has 0 radical (unpaired) electrons. The summed E-state index contributed by atoms with van der Waals surface area (Å²) in [5.41, 5.74) is 2.55. The van der Waals surface area contributed by atoms with Gasteiger partial charge in [0.25, 0.3) is 0 Å². The van der Waals surface area contributed by atoms with Crippen molar-refractivity contribution in [3.63, 3.8) is 0 Å². The number of para-hydroxylation sites is 1. The van der Waals surface area contributed by atoms with Crippen LogP contribution in [0, 0.1) is 0 Å². The number of benzene rings is 1. The zero-order chi connectivity index (χ0) is 12.9. The molecule has 0 saturated carbocycles. The number of fused-ring (bicyclic) bond motifs is 1. The maximum Gasteiger partial charge on any atom is 0.103 e. The number of nitrogens with one attached hydrogen (secondary N) is 3. The molecule has 1 aliphatic rings. The van der Waals surface area contributed by atoms with Crippen molar-refractivity contribution in [2.75, 3.05) is 6.54 Å². The number of rotatable bonds is 4. The van der Waals surface area contributed by atoms with Crippen molar-refractivity contribution in [1.82, 2.24) is 15.6 Å². The normalized spacial score (nSPS) is 14.0. The van der Waals surface area contributed by atoms with Gasteiger partial charge < -0.3 is 15.6 Å². The second-order valence-electron chi connectivity index (χ2n) is 4.50. The molecule has 1 aromatic carbocycles. The highest BCUT2D eigenvalue weighted by Gasteiger charge is 2.02. The Morgan fingerprint density at radius 2 is 2.00 bits per heavy atom. The van der Waals surface area contributed by atoms with Gasteiger partial charge in [-0.15, -0.1) is 0 Å². The van der Waals surface area contributed by atoms with Gasteiger partial charge in [-0.25, -0.2) is 0 Å². The van der Waals surface area contributed by atoms with Gasteiger partial charge in [-0.3, -0.25) is 0 Å². The first-order valence-corrected chi connectivity index (χ1v) is 6.52. The quantitative estimate of drug-likeness (QED) is 0.782. The van der Waals surface area contributed by atoms with Crippen molar-refractivity contribution in [3.8, 4) is 0 Å². The van der Waals surface area contributed by atoms with Crippen LogP contribution in [0.25, 0.3) is 10.9 Å². The summed E-state index contributed by atoms with van der Waals surface area (Å²) in [5, 5.41) is 7.91. The smallest absolute Gasteiger partial charge is 0.103 e. The highest BCUT2D eigenvalue weighted by Crippen LogP contribution is 2.17. The molecule has 0 fully saturated rings. The summed E-state index contributed by atoms with van der Waals surface area (Å²) in [5.74, 6) is 1.03. The van der Waals surface area contributed by atoms with E-state index < -0.39 is 0 Å². The molecule has 0 atom stereocenters. The van der Waals surface area contributed by atoms with Gasteiger partial charge in [0.2, 0.25) is 0 Å². The Balaban J connectivity index is 1.62. The molecule has 0 spiro atoms. The first-order chi connectivity index (χ1) is 9.43. The summed E-state index contributed by atoms with van der Waals surface area (Å²) < 4.78 is 0. The Hall–Kier alpha value is -2.42. The third kappa shape index (κ3) is 2.71. The van der Waals surface area contributed by atoms with Gasteiger partial charge in [-0.1, -0.05) is 30.4 Å². The molecule has 2 heterocycles. The maximum atomic E-state index is 3.40. The van der Waals surface area contributed by atoms with E-state index >= 15 is 0 Å². The zero-order valence-corrected chi connectivity index (χ0v) is 10.7. The Morgan fingerprint density at radius 1 is 1.05 bits per heavy atom. The largest absolute Gasteiger partial charge is 0.371 e. The third-order valence-electron chi connectivity index (χ3n) is 3.20. The summed E-state index contributed by atoms with van der Waals surface area (Å²) in [4.78, 5) is 3.31. The summed E-state index contributed by atoms with van der Waals surface area (Å²) in [7, 11) is 0. The molecule has 3 N–H and O–H groups in total. The van der Waals surface area contributed by atoms with E-state index in [9.17, 15) is 0 Å². The van der Waals surface area contributed by atoms with Crippen LogP contribution in [0.1, 0.15) is 5.56 Å². The van der Waals surface area contributed by atoms with Crippen LogP contribution < -0.4 is 10.6 Å². The van der Waals surface area contributed by atoms with Gasteiger partial charge in [-0.05, 0) is 30.2 Å². The lowest BCUT2D eigenvalue weighted by Gasteiger charge is -2.09. The van der Waals surface area contributed by atoms with Gasteiger partial charge in [0.1, 0.15) is 5.82 Å². The molecular formula is C16H17N3. The molecule has 19 heavy (non-hydrogen) atoms. The van der Waals surface area contributed by atoms with Crippen LogP contribution >= 0.6 is 0 Å². The molecule has 0 bridgehead atoms. The topological polar surface area (TPSA) is 39.9 Å². The molecule has 1 aromatic heterocycles. The van der Waals surface area contributed by atoms with E-state index in [1.807, 2.05) is 30.5 Å². The van der Waals surface area contributed by atoms with Gasteiger partial charge in [0, 0.05) is 29.8 Å².